The fourth-order valence-corrected chi connectivity index (χ4v) is 3.14. The number of rotatable bonds is 2. The molecular formula is C13H16N4S. The second-order valence-electron chi connectivity index (χ2n) is 4.36. The fraction of sp³-hybridized carbons (Fsp3) is 0.385. The van der Waals surface area contributed by atoms with Gasteiger partial charge < -0.3 is 10.2 Å². The Bertz CT molecular complexity index is 531. The Balaban J connectivity index is 1.84. The van der Waals surface area contributed by atoms with Gasteiger partial charge in [0.2, 0.25) is 0 Å². The highest BCUT2D eigenvalue weighted by molar-refractivity contribution is 7.19. The topological polar surface area (TPSA) is 41.1 Å². The minimum absolute atomic E-state index is 0.824. The van der Waals surface area contributed by atoms with Crippen molar-refractivity contribution in [3.63, 3.8) is 0 Å². The van der Waals surface area contributed by atoms with Gasteiger partial charge in [0.1, 0.15) is 5.82 Å². The van der Waals surface area contributed by atoms with Gasteiger partial charge in [-0.25, -0.2) is 9.97 Å². The number of anilines is 1. The predicted octanol–water partition coefficient (Wildman–Crippen LogP) is 1.92. The zero-order valence-corrected chi connectivity index (χ0v) is 11.2. The molecule has 2 aromatic heterocycles. The molecule has 0 aliphatic carbocycles. The van der Waals surface area contributed by atoms with Gasteiger partial charge in [0.15, 0.2) is 0 Å². The maximum absolute atomic E-state index is 4.47. The van der Waals surface area contributed by atoms with E-state index >= 15 is 0 Å². The molecule has 0 aromatic carbocycles. The van der Waals surface area contributed by atoms with E-state index in [1.165, 1.54) is 9.88 Å². The van der Waals surface area contributed by atoms with Crippen molar-refractivity contribution in [2.24, 2.45) is 0 Å². The van der Waals surface area contributed by atoms with Crippen LogP contribution in [-0.4, -0.2) is 36.1 Å². The third-order valence-electron chi connectivity index (χ3n) is 3.05. The van der Waals surface area contributed by atoms with Crippen LogP contribution in [0.5, 0.6) is 0 Å². The molecule has 0 bridgehead atoms. The van der Waals surface area contributed by atoms with Gasteiger partial charge >= 0.3 is 0 Å². The zero-order valence-electron chi connectivity index (χ0n) is 10.4. The molecule has 0 unspecified atom stereocenters. The largest absolute Gasteiger partial charge is 0.361 e. The Morgan fingerprint density at radius 1 is 1.22 bits per heavy atom. The SMILES string of the molecule is Cc1nccc(-c2ccc(N3CCNCC3)s2)n1. The fourth-order valence-electron chi connectivity index (χ4n) is 2.11. The maximum atomic E-state index is 4.47. The molecule has 1 saturated heterocycles. The molecular weight excluding hydrogens is 244 g/mol. The number of hydrogen-bond acceptors (Lipinski definition) is 5. The molecule has 1 fully saturated rings. The van der Waals surface area contributed by atoms with Gasteiger partial charge in [0, 0.05) is 32.4 Å². The van der Waals surface area contributed by atoms with Gasteiger partial charge in [-0.1, -0.05) is 0 Å². The lowest BCUT2D eigenvalue weighted by Crippen LogP contribution is -2.43. The lowest BCUT2D eigenvalue weighted by molar-refractivity contribution is 0.592. The lowest BCUT2D eigenvalue weighted by Gasteiger charge is -2.27. The van der Waals surface area contributed by atoms with Gasteiger partial charge in [-0.2, -0.15) is 0 Å². The average Bonchev–Trinajstić information content (AvgIpc) is 2.89. The summed E-state index contributed by atoms with van der Waals surface area (Å²) in [6, 6.07) is 6.33. The summed E-state index contributed by atoms with van der Waals surface area (Å²) >= 11 is 1.81. The molecule has 0 saturated carbocycles. The van der Waals surface area contributed by atoms with E-state index in [-0.39, 0.29) is 0 Å². The molecule has 0 atom stereocenters. The summed E-state index contributed by atoms with van der Waals surface area (Å²) in [4.78, 5) is 12.3. The first-order valence-electron chi connectivity index (χ1n) is 6.18. The molecule has 4 nitrogen and oxygen atoms in total. The van der Waals surface area contributed by atoms with Crippen LogP contribution in [0.2, 0.25) is 0 Å². The summed E-state index contributed by atoms with van der Waals surface area (Å²) in [5.41, 5.74) is 1.02. The Morgan fingerprint density at radius 3 is 2.83 bits per heavy atom. The number of aromatic nitrogens is 2. The van der Waals surface area contributed by atoms with Gasteiger partial charge in [-0.05, 0) is 25.1 Å². The summed E-state index contributed by atoms with van der Waals surface area (Å²) in [5, 5.41) is 4.71. The molecule has 0 amide bonds. The van der Waals surface area contributed by atoms with Gasteiger partial charge in [0.25, 0.3) is 0 Å². The van der Waals surface area contributed by atoms with E-state index in [0.717, 1.165) is 37.7 Å². The van der Waals surface area contributed by atoms with Crippen LogP contribution >= 0.6 is 11.3 Å². The summed E-state index contributed by atoms with van der Waals surface area (Å²) in [7, 11) is 0. The Kier molecular flexibility index (Phi) is 3.25. The van der Waals surface area contributed by atoms with Crippen molar-refractivity contribution in [1.82, 2.24) is 15.3 Å². The third-order valence-corrected chi connectivity index (χ3v) is 4.22. The van der Waals surface area contributed by atoms with Crippen LogP contribution < -0.4 is 10.2 Å². The van der Waals surface area contributed by atoms with Crippen LogP contribution in [0.15, 0.2) is 24.4 Å². The first-order valence-corrected chi connectivity index (χ1v) is 7.00. The van der Waals surface area contributed by atoms with Gasteiger partial charge in [0.05, 0.1) is 15.6 Å². The van der Waals surface area contributed by atoms with Crippen molar-refractivity contribution >= 4 is 16.3 Å². The predicted molar refractivity (Wildman–Crippen MR) is 75.2 cm³/mol. The molecule has 0 spiro atoms. The molecule has 1 aliphatic rings. The van der Waals surface area contributed by atoms with Crippen LogP contribution in [0.4, 0.5) is 5.00 Å². The van der Waals surface area contributed by atoms with Crippen molar-refractivity contribution in [3.05, 3.63) is 30.2 Å². The number of aryl methyl sites for hydroxylation is 1. The second kappa shape index (κ2) is 5.04. The summed E-state index contributed by atoms with van der Waals surface area (Å²) in [6.07, 6.45) is 1.82. The van der Waals surface area contributed by atoms with E-state index in [9.17, 15) is 0 Å². The first kappa shape index (κ1) is 11.6. The summed E-state index contributed by atoms with van der Waals surface area (Å²) in [5.74, 6) is 0.824. The van der Waals surface area contributed by atoms with E-state index < -0.39 is 0 Å². The van der Waals surface area contributed by atoms with Gasteiger partial charge in [-0.3, -0.25) is 0 Å². The highest BCUT2D eigenvalue weighted by Crippen LogP contribution is 2.32. The van der Waals surface area contributed by atoms with E-state index in [0.29, 0.717) is 0 Å². The maximum Gasteiger partial charge on any atom is 0.125 e. The molecule has 5 heteroatoms. The average molecular weight is 260 g/mol. The van der Waals surface area contributed by atoms with E-state index in [2.05, 4.69) is 32.3 Å². The molecule has 18 heavy (non-hydrogen) atoms. The molecule has 3 heterocycles. The smallest absolute Gasteiger partial charge is 0.125 e. The monoisotopic (exact) mass is 260 g/mol. The highest BCUT2D eigenvalue weighted by atomic mass is 32.1. The molecule has 1 N–H and O–H groups in total. The first-order chi connectivity index (χ1) is 8.83. The molecule has 2 aromatic rings. The quantitative estimate of drug-likeness (QED) is 0.895. The normalized spacial score (nSPS) is 15.9. The Hall–Kier alpha value is -1.46. The number of thiophene rings is 1. The van der Waals surface area contributed by atoms with Crippen LogP contribution in [0, 0.1) is 6.92 Å². The summed E-state index contributed by atoms with van der Waals surface area (Å²) < 4.78 is 0. The van der Waals surface area contributed by atoms with Crippen molar-refractivity contribution < 1.29 is 0 Å². The molecule has 3 rings (SSSR count). The van der Waals surface area contributed by atoms with Crippen LogP contribution in [0.1, 0.15) is 5.82 Å². The van der Waals surface area contributed by atoms with Crippen molar-refractivity contribution in [3.8, 4) is 10.6 Å². The summed E-state index contributed by atoms with van der Waals surface area (Å²) in [6.45, 7) is 6.24. The van der Waals surface area contributed by atoms with Crippen molar-refractivity contribution in [2.75, 3.05) is 31.1 Å². The van der Waals surface area contributed by atoms with E-state index in [1.807, 2.05) is 30.5 Å². The van der Waals surface area contributed by atoms with Crippen LogP contribution in [0.25, 0.3) is 10.6 Å². The molecule has 1 aliphatic heterocycles. The van der Waals surface area contributed by atoms with Crippen molar-refractivity contribution in [1.29, 1.82) is 0 Å². The molecule has 94 valence electrons. The Morgan fingerprint density at radius 2 is 2.06 bits per heavy atom. The number of nitrogens with one attached hydrogen (secondary N) is 1. The lowest BCUT2D eigenvalue weighted by atomic mass is 10.3. The van der Waals surface area contributed by atoms with E-state index in [1.54, 1.807) is 0 Å². The Labute approximate surface area is 111 Å². The van der Waals surface area contributed by atoms with Crippen LogP contribution in [-0.2, 0) is 0 Å². The van der Waals surface area contributed by atoms with Crippen molar-refractivity contribution in [2.45, 2.75) is 6.92 Å². The van der Waals surface area contributed by atoms with Crippen LogP contribution in [0.3, 0.4) is 0 Å². The standard InChI is InChI=1S/C13H16N4S/c1-10-15-5-4-11(16-10)12-2-3-13(18-12)17-8-6-14-7-9-17/h2-5,14H,6-9H2,1H3. The minimum Gasteiger partial charge on any atom is -0.361 e. The van der Waals surface area contributed by atoms with E-state index in [4.69, 9.17) is 0 Å². The molecule has 0 radical (unpaired) electrons. The number of nitrogens with zero attached hydrogens (tertiary/aromatic N) is 3. The third kappa shape index (κ3) is 2.37. The number of piperazine rings is 1. The second-order valence-corrected chi connectivity index (χ2v) is 5.43. The number of hydrogen-bond donors (Lipinski definition) is 1. The zero-order chi connectivity index (χ0) is 12.4. The van der Waals surface area contributed by atoms with Gasteiger partial charge in [-0.15, -0.1) is 11.3 Å². The highest BCUT2D eigenvalue weighted by Gasteiger charge is 2.13. The minimum atomic E-state index is 0.824.